The number of hydrogen-bond donors (Lipinski definition) is 0. The van der Waals surface area contributed by atoms with Gasteiger partial charge in [-0.2, -0.15) is 0 Å². The van der Waals surface area contributed by atoms with E-state index in [9.17, 15) is 0 Å². The fourth-order valence-corrected chi connectivity index (χ4v) is 2.19. The van der Waals surface area contributed by atoms with E-state index in [1.165, 1.54) is 19.3 Å². The van der Waals surface area contributed by atoms with E-state index in [-0.39, 0.29) is 0 Å². The van der Waals surface area contributed by atoms with E-state index in [0.29, 0.717) is 6.10 Å². The van der Waals surface area contributed by atoms with E-state index in [1.54, 1.807) is 0 Å². The number of rotatable bonds is 0. The monoisotopic (exact) mass is 126 g/mol. The third kappa shape index (κ3) is 0.877. The quantitative estimate of drug-likeness (QED) is 0.481. The van der Waals surface area contributed by atoms with Gasteiger partial charge in [-0.25, -0.2) is 0 Å². The number of ether oxygens (including phenoxy) is 1. The molecule has 0 aromatic heterocycles. The lowest BCUT2D eigenvalue weighted by Gasteiger charge is -2.20. The van der Waals surface area contributed by atoms with Gasteiger partial charge in [0.15, 0.2) is 0 Å². The zero-order valence-corrected chi connectivity index (χ0v) is 5.97. The smallest absolute Gasteiger partial charge is 0.0603 e. The molecule has 1 heteroatoms. The molecule has 0 amide bonds. The molecule has 3 unspecified atom stereocenters. The maximum Gasteiger partial charge on any atom is 0.0603 e. The first-order valence-electron chi connectivity index (χ1n) is 3.98. The molecule has 2 bridgehead atoms. The van der Waals surface area contributed by atoms with E-state index < -0.39 is 0 Å². The van der Waals surface area contributed by atoms with Gasteiger partial charge < -0.3 is 4.74 Å². The summed E-state index contributed by atoms with van der Waals surface area (Å²) in [6, 6.07) is 0. The molecule has 0 radical (unpaired) electrons. The van der Waals surface area contributed by atoms with Crippen LogP contribution in [0.25, 0.3) is 0 Å². The first-order chi connectivity index (χ1) is 4.36. The SMILES string of the molecule is CC1CC2CCOC1C2. The Labute approximate surface area is 56.4 Å². The molecular formula is C8H14O. The molecule has 52 valence electrons. The van der Waals surface area contributed by atoms with E-state index in [1.807, 2.05) is 0 Å². The molecule has 2 rings (SSSR count). The molecule has 1 saturated heterocycles. The standard InChI is InChI=1S/C8H14O/c1-6-4-7-2-3-9-8(6)5-7/h6-8H,2-5H2,1H3. The summed E-state index contributed by atoms with van der Waals surface area (Å²) in [4.78, 5) is 0. The Kier molecular flexibility index (Phi) is 1.26. The zero-order valence-electron chi connectivity index (χ0n) is 5.97. The second-order valence-electron chi connectivity index (χ2n) is 3.51. The van der Waals surface area contributed by atoms with Crippen LogP contribution in [0.2, 0.25) is 0 Å². The van der Waals surface area contributed by atoms with Crippen molar-refractivity contribution >= 4 is 0 Å². The molecule has 1 aliphatic heterocycles. The average Bonchev–Trinajstić information content (AvgIpc) is 2.09. The van der Waals surface area contributed by atoms with Crippen molar-refractivity contribution in [1.82, 2.24) is 0 Å². The fraction of sp³-hybridized carbons (Fsp3) is 1.00. The minimum Gasteiger partial charge on any atom is -0.378 e. The second-order valence-corrected chi connectivity index (χ2v) is 3.51. The molecule has 0 spiro atoms. The molecule has 2 fully saturated rings. The summed E-state index contributed by atoms with van der Waals surface area (Å²) in [5, 5.41) is 0. The Hall–Kier alpha value is -0.0400. The third-order valence-corrected chi connectivity index (χ3v) is 2.76. The Morgan fingerprint density at radius 2 is 2.22 bits per heavy atom. The second kappa shape index (κ2) is 1.98. The van der Waals surface area contributed by atoms with Crippen molar-refractivity contribution in [3.63, 3.8) is 0 Å². The Morgan fingerprint density at radius 1 is 1.33 bits per heavy atom. The molecule has 0 aromatic rings. The van der Waals surface area contributed by atoms with Crippen LogP contribution in [0.1, 0.15) is 26.2 Å². The molecule has 1 heterocycles. The topological polar surface area (TPSA) is 9.23 Å². The summed E-state index contributed by atoms with van der Waals surface area (Å²) in [5.41, 5.74) is 0. The van der Waals surface area contributed by atoms with Crippen LogP contribution in [0.15, 0.2) is 0 Å². The first kappa shape index (κ1) is 5.72. The van der Waals surface area contributed by atoms with E-state index in [0.717, 1.165) is 18.4 Å². The van der Waals surface area contributed by atoms with E-state index in [4.69, 9.17) is 4.74 Å². The highest BCUT2D eigenvalue weighted by Gasteiger charge is 2.34. The summed E-state index contributed by atoms with van der Waals surface area (Å²) in [6.45, 7) is 3.34. The van der Waals surface area contributed by atoms with Gasteiger partial charge in [-0.3, -0.25) is 0 Å². The predicted molar refractivity (Wildman–Crippen MR) is 36.2 cm³/mol. The van der Waals surface area contributed by atoms with Gasteiger partial charge in [-0.15, -0.1) is 0 Å². The molecule has 1 saturated carbocycles. The first-order valence-corrected chi connectivity index (χ1v) is 3.98. The maximum absolute atomic E-state index is 5.58. The summed E-state index contributed by atoms with van der Waals surface area (Å²) in [7, 11) is 0. The van der Waals surface area contributed by atoms with Gasteiger partial charge in [0.25, 0.3) is 0 Å². The number of fused-ring (bicyclic) bond motifs is 2. The number of hydrogen-bond acceptors (Lipinski definition) is 1. The molecule has 3 atom stereocenters. The summed E-state index contributed by atoms with van der Waals surface area (Å²) in [5.74, 6) is 1.86. The lowest BCUT2D eigenvalue weighted by atomic mass is 10.0. The van der Waals surface area contributed by atoms with Crippen LogP contribution in [0, 0.1) is 11.8 Å². The predicted octanol–water partition coefficient (Wildman–Crippen LogP) is 1.82. The van der Waals surface area contributed by atoms with Gasteiger partial charge >= 0.3 is 0 Å². The van der Waals surface area contributed by atoms with Gasteiger partial charge in [-0.05, 0) is 31.1 Å². The van der Waals surface area contributed by atoms with Crippen LogP contribution in [0.3, 0.4) is 0 Å². The van der Waals surface area contributed by atoms with Crippen molar-refractivity contribution in [2.45, 2.75) is 32.3 Å². The normalized spacial score (nSPS) is 49.7. The van der Waals surface area contributed by atoms with Crippen LogP contribution in [0.4, 0.5) is 0 Å². The van der Waals surface area contributed by atoms with E-state index in [2.05, 4.69) is 6.92 Å². The van der Waals surface area contributed by atoms with Crippen LogP contribution in [-0.2, 0) is 4.74 Å². The zero-order chi connectivity index (χ0) is 6.27. The van der Waals surface area contributed by atoms with Crippen molar-refractivity contribution in [3.05, 3.63) is 0 Å². The molecular weight excluding hydrogens is 112 g/mol. The molecule has 1 nitrogen and oxygen atoms in total. The Morgan fingerprint density at radius 3 is 2.89 bits per heavy atom. The maximum atomic E-state index is 5.58. The molecule has 1 aliphatic carbocycles. The lowest BCUT2D eigenvalue weighted by Crippen LogP contribution is -2.19. The highest BCUT2D eigenvalue weighted by atomic mass is 16.5. The van der Waals surface area contributed by atoms with Gasteiger partial charge in [0.1, 0.15) is 0 Å². The van der Waals surface area contributed by atoms with Crippen molar-refractivity contribution in [2.75, 3.05) is 6.61 Å². The summed E-state index contributed by atoms with van der Waals surface area (Å²) in [6.07, 6.45) is 4.72. The van der Waals surface area contributed by atoms with E-state index >= 15 is 0 Å². The highest BCUT2D eigenvalue weighted by molar-refractivity contribution is 4.84. The molecule has 0 N–H and O–H groups in total. The van der Waals surface area contributed by atoms with Crippen molar-refractivity contribution in [1.29, 1.82) is 0 Å². The lowest BCUT2D eigenvalue weighted by molar-refractivity contribution is 0.00834. The largest absolute Gasteiger partial charge is 0.378 e. The fourth-order valence-electron chi connectivity index (χ4n) is 2.19. The Balaban J connectivity index is 2.07. The highest BCUT2D eigenvalue weighted by Crippen LogP contribution is 2.38. The van der Waals surface area contributed by atoms with Crippen LogP contribution in [0.5, 0.6) is 0 Å². The Bertz CT molecular complexity index is 109. The summed E-state index contributed by atoms with van der Waals surface area (Å²) >= 11 is 0. The minimum absolute atomic E-state index is 0.628. The van der Waals surface area contributed by atoms with Crippen molar-refractivity contribution < 1.29 is 4.74 Å². The summed E-state index contributed by atoms with van der Waals surface area (Å²) < 4.78 is 5.58. The van der Waals surface area contributed by atoms with Gasteiger partial charge in [-0.1, -0.05) is 6.92 Å². The molecule has 0 aromatic carbocycles. The third-order valence-electron chi connectivity index (χ3n) is 2.76. The van der Waals surface area contributed by atoms with Gasteiger partial charge in [0, 0.05) is 6.61 Å². The van der Waals surface area contributed by atoms with Crippen molar-refractivity contribution in [3.8, 4) is 0 Å². The van der Waals surface area contributed by atoms with Crippen LogP contribution in [-0.4, -0.2) is 12.7 Å². The van der Waals surface area contributed by atoms with Crippen molar-refractivity contribution in [2.24, 2.45) is 11.8 Å². The molecule has 2 aliphatic rings. The van der Waals surface area contributed by atoms with Gasteiger partial charge in [0.2, 0.25) is 0 Å². The van der Waals surface area contributed by atoms with Gasteiger partial charge in [0.05, 0.1) is 6.10 Å². The average molecular weight is 126 g/mol. The van der Waals surface area contributed by atoms with Crippen LogP contribution < -0.4 is 0 Å². The van der Waals surface area contributed by atoms with Crippen LogP contribution >= 0.6 is 0 Å². The molecule has 9 heavy (non-hydrogen) atoms. The minimum atomic E-state index is 0.628.